The molecule has 0 bridgehead atoms. The number of anilines is 2. The Morgan fingerprint density at radius 3 is 2.20 bits per heavy atom. The van der Waals surface area contributed by atoms with Gasteiger partial charge in [0.2, 0.25) is 0 Å². The lowest BCUT2D eigenvalue weighted by Crippen LogP contribution is -2.10. The summed E-state index contributed by atoms with van der Waals surface area (Å²) in [5, 5.41) is 8.03. The first-order valence-corrected chi connectivity index (χ1v) is 6.94. The Morgan fingerprint density at radius 2 is 1.75 bits per heavy atom. The van der Waals surface area contributed by atoms with Crippen molar-refractivity contribution in [1.29, 1.82) is 0 Å². The molecule has 0 amide bonds. The van der Waals surface area contributed by atoms with E-state index < -0.39 is 0 Å². The number of aromatic nitrogens is 2. The van der Waals surface area contributed by atoms with E-state index >= 15 is 0 Å². The minimum atomic E-state index is 0.244. The van der Waals surface area contributed by atoms with Crippen molar-refractivity contribution in [2.75, 3.05) is 24.3 Å². The SMILES string of the molecule is Cc1nn(C)c(C)c1C(C)Nc1ccc(N(C)C)cc1. The Balaban J connectivity index is 2.17. The summed E-state index contributed by atoms with van der Waals surface area (Å²) in [7, 11) is 6.09. The van der Waals surface area contributed by atoms with E-state index in [-0.39, 0.29) is 6.04 Å². The molecule has 4 heteroatoms. The number of hydrogen-bond donors (Lipinski definition) is 1. The van der Waals surface area contributed by atoms with E-state index in [4.69, 9.17) is 0 Å². The lowest BCUT2D eigenvalue weighted by atomic mass is 10.1. The van der Waals surface area contributed by atoms with E-state index in [0.717, 1.165) is 11.4 Å². The van der Waals surface area contributed by atoms with Crippen LogP contribution in [0.2, 0.25) is 0 Å². The minimum Gasteiger partial charge on any atom is -0.378 e. The second-order valence-electron chi connectivity index (χ2n) is 5.52. The smallest absolute Gasteiger partial charge is 0.0649 e. The fourth-order valence-electron chi connectivity index (χ4n) is 2.59. The molecule has 2 aromatic rings. The zero-order chi connectivity index (χ0) is 14.9. The largest absolute Gasteiger partial charge is 0.378 e. The van der Waals surface area contributed by atoms with Crippen molar-refractivity contribution < 1.29 is 0 Å². The number of hydrogen-bond acceptors (Lipinski definition) is 3. The molecule has 1 N–H and O–H groups in total. The summed E-state index contributed by atoms with van der Waals surface area (Å²) in [6.45, 7) is 6.36. The van der Waals surface area contributed by atoms with Gasteiger partial charge >= 0.3 is 0 Å². The third kappa shape index (κ3) is 2.79. The van der Waals surface area contributed by atoms with E-state index in [9.17, 15) is 0 Å². The van der Waals surface area contributed by atoms with Gasteiger partial charge in [-0.25, -0.2) is 0 Å². The van der Waals surface area contributed by atoms with Crippen LogP contribution in [0.4, 0.5) is 11.4 Å². The van der Waals surface area contributed by atoms with E-state index in [0.29, 0.717) is 0 Å². The molecule has 4 nitrogen and oxygen atoms in total. The number of nitrogens with zero attached hydrogens (tertiary/aromatic N) is 3. The summed E-state index contributed by atoms with van der Waals surface area (Å²) in [4.78, 5) is 2.10. The average Bonchev–Trinajstić information content (AvgIpc) is 2.63. The van der Waals surface area contributed by atoms with Gasteiger partial charge in [-0.15, -0.1) is 0 Å². The molecule has 1 aromatic heterocycles. The zero-order valence-corrected chi connectivity index (χ0v) is 13.2. The molecule has 1 aromatic carbocycles. The molecule has 20 heavy (non-hydrogen) atoms. The summed E-state index contributed by atoms with van der Waals surface area (Å²) >= 11 is 0. The van der Waals surface area contributed by atoms with E-state index in [1.54, 1.807) is 0 Å². The van der Waals surface area contributed by atoms with Crippen LogP contribution in [0.15, 0.2) is 24.3 Å². The molecule has 0 fully saturated rings. The summed E-state index contributed by atoms with van der Waals surface area (Å²) < 4.78 is 1.94. The first-order chi connectivity index (χ1) is 9.40. The first kappa shape index (κ1) is 14.4. The highest BCUT2D eigenvalue weighted by molar-refractivity contribution is 5.55. The highest BCUT2D eigenvalue weighted by atomic mass is 15.3. The maximum absolute atomic E-state index is 4.48. The molecule has 1 heterocycles. The van der Waals surface area contributed by atoms with Gasteiger partial charge in [0.25, 0.3) is 0 Å². The molecule has 108 valence electrons. The maximum atomic E-state index is 4.48. The molecule has 0 saturated heterocycles. The van der Waals surface area contributed by atoms with Crippen molar-refractivity contribution in [3.63, 3.8) is 0 Å². The second kappa shape index (κ2) is 5.57. The fourth-order valence-corrected chi connectivity index (χ4v) is 2.59. The van der Waals surface area contributed by atoms with Crippen molar-refractivity contribution in [2.45, 2.75) is 26.8 Å². The average molecular weight is 272 g/mol. The van der Waals surface area contributed by atoms with Crippen LogP contribution < -0.4 is 10.2 Å². The fraction of sp³-hybridized carbons (Fsp3) is 0.438. The third-order valence-corrected chi connectivity index (χ3v) is 3.76. The topological polar surface area (TPSA) is 33.1 Å². The van der Waals surface area contributed by atoms with Gasteiger partial charge < -0.3 is 10.2 Å². The quantitative estimate of drug-likeness (QED) is 0.927. The monoisotopic (exact) mass is 272 g/mol. The Hall–Kier alpha value is -1.97. The van der Waals surface area contributed by atoms with E-state index in [1.807, 2.05) is 25.8 Å². The number of aryl methyl sites for hydroxylation is 2. The van der Waals surface area contributed by atoms with Gasteiger partial charge in [0, 0.05) is 43.8 Å². The van der Waals surface area contributed by atoms with Crippen molar-refractivity contribution in [3.8, 4) is 0 Å². The van der Waals surface area contributed by atoms with E-state index in [1.165, 1.54) is 16.9 Å². The van der Waals surface area contributed by atoms with Crippen LogP contribution in [-0.4, -0.2) is 23.9 Å². The predicted molar refractivity (Wildman–Crippen MR) is 85.5 cm³/mol. The summed E-state index contributed by atoms with van der Waals surface area (Å²) in [5.41, 5.74) is 5.93. The highest BCUT2D eigenvalue weighted by Crippen LogP contribution is 2.25. The number of rotatable bonds is 4. The number of benzene rings is 1. The first-order valence-electron chi connectivity index (χ1n) is 6.94. The third-order valence-electron chi connectivity index (χ3n) is 3.76. The van der Waals surface area contributed by atoms with Crippen LogP contribution in [0.3, 0.4) is 0 Å². The lowest BCUT2D eigenvalue weighted by molar-refractivity contribution is 0.728. The second-order valence-corrected chi connectivity index (χ2v) is 5.52. The predicted octanol–water partition coefficient (Wildman–Crippen LogP) is 3.28. The molecule has 0 aliphatic heterocycles. The Kier molecular flexibility index (Phi) is 4.02. The zero-order valence-electron chi connectivity index (χ0n) is 13.2. The van der Waals surface area contributed by atoms with Gasteiger partial charge in [0.05, 0.1) is 11.7 Å². The molecule has 0 saturated carbocycles. The molecular formula is C16H24N4. The molecule has 2 rings (SSSR count). The molecular weight excluding hydrogens is 248 g/mol. The molecule has 0 aliphatic rings. The summed E-state index contributed by atoms with van der Waals surface area (Å²) in [5.74, 6) is 0. The Bertz CT molecular complexity index is 581. The number of nitrogens with one attached hydrogen (secondary N) is 1. The molecule has 0 aliphatic carbocycles. The van der Waals surface area contributed by atoms with Gasteiger partial charge in [-0.2, -0.15) is 5.10 Å². The van der Waals surface area contributed by atoms with Crippen LogP contribution >= 0.6 is 0 Å². The minimum absolute atomic E-state index is 0.244. The van der Waals surface area contributed by atoms with Gasteiger partial charge in [-0.05, 0) is 45.0 Å². The Labute approximate surface area is 121 Å². The van der Waals surface area contributed by atoms with Gasteiger partial charge in [-0.1, -0.05) is 0 Å². The van der Waals surface area contributed by atoms with Gasteiger partial charge in [-0.3, -0.25) is 4.68 Å². The molecule has 1 atom stereocenters. The molecule has 0 spiro atoms. The molecule has 0 radical (unpaired) electrons. The van der Waals surface area contributed by atoms with Crippen molar-refractivity contribution in [1.82, 2.24) is 9.78 Å². The van der Waals surface area contributed by atoms with Crippen molar-refractivity contribution in [3.05, 3.63) is 41.2 Å². The lowest BCUT2D eigenvalue weighted by Gasteiger charge is -2.18. The van der Waals surface area contributed by atoms with Gasteiger partial charge in [0.15, 0.2) is 0 Å². The van der Waals surface area contributed by atoms with Crippen LogP contribution in [0.1, 0.15) is 29.9 Å². The maximum Gasteiger partial charge on any atom is 0.0649 e. The van der Waals surface area contributed by atoms with E-state index in [2.05, 4.69) is 60.4 Å². The Morgan fingerprint density at radius 1 is 1.15 bits per heavy atom. The summed E-state index contributed by atoms with van der Waals surface area (Å²) in [6.07, 6.45) is 0. The van der Waals surface area contributed by atoms with Crippen LogP contribution in [0.5, 0.6) is 0 Å². The van der Waals surface area contributed by atoms with Gasteiger partial charge in [0.1, 0.15) is 0 Å². The van der Waals surface area contributed by atoms with Crippen molar-refractivity contribution >= 4 is 11.4 Å². The highest BCUT2D eigenvalue weighted by Gasteiger charge is 2.16. The summed E-state index contributed by atoms with van der Waals surface area (Å²) in [6, 6.07) is 8.73. The van der Waals surface area contributed by atoms with Crippen molar-refractivity contribution in [2.24, 2.45) is 7.05 Å². The van der Waals surface area contributed by atoms with Crippen LogP contribution in [0, 0.1) is 13.8 Å². The van der Waals surface area contributed by atoms with Crippen LogP contribution in [-0.2, 0) is 7.05 Å². The normalized spacial score (nSPS) is 12.3. The van der Waals surface area contributed by atoms with Crippen LogP contribution in [0.25, 0.3) is 0 Å². The standard InChI is InChI=1S/C16H24N4/c1-11(16-12(2)18-20(6)13(16)3)17-14-7-9-15(10-8-14)19(4)5/h7-11,17H,1-6H3. The molecule has 1 unspecified atom stereocenters.